The van der Waals surface area contributed by atoms with Gasteiger partial charge >= 0.3 is 0 Å². The first kappa shape index (κ1) is 19.4. The zero-order valence-corrected chi connectivity index (χ0v) is 15.4. The average Bonchev–Trinajstić information content (AvgIpc) is 2.66. The highest BCUT2D eigenvalue weighted by Gasteiger charge is 2.11. The summed E-state index contributed by atoms with van der Waals surface area (Å²) < 4.78 is 5.12. The highest BCUT2D eigenvalue weighted by atomic mass is 16.5. The van der Waals surface area contributed by atoms with Crippen molar-refractivity contribution in [3.8, 4) is 5.75 Å². The van der Waals surface area contributed by atoms with Gasteiger partial charge in [0.1, 0.15) is 11.4 Å². The molecule has 0 saturated carbocycles. The lowest BCUT2D eigenvalue weighted by Gasteiger charge is -2.09. The molecule has 0 aliphatic rings. The van der Waals surface area contributed by atoms with Crippen molar-refractivity contribution in [2.45, 2.75) is 20.3 Å². The van der Waals surface area contributed by atoms with Crippen LogP contribution in [-0.4, -0.2) is 37.0 Å². The van der Waals surface area contributed by atoms with Gasteiger partial charge in [-0.05, 0) is 42.2 Å². The maximum atomic E-state index is 12.3. The second kappa shape index (κ2) is 9.56. The van der Waals surface area contributed by atoms with Gasteiger partial charge in [0.05, 0.1) is 7.11 Å². The van der Waals surface area contributed by atoms with E-state index in [0.29, 0.717) is 31.0 Å². The molecule has 0 radical (unpaired) electrons. The minimum Gasteiger partial charge on any atom is -0.497 e. The predicted molar refractivity (Wildman–Crippen MR) is 100 cm³/mol. The first-order valence-corrected chi connectivity index (χ1v) is 8.65. The molecule has 6 nitrogen and oxygen atoms in total. The smallest absolute Gasteiger partial charge is 0.269 e. The quantitative estimate of drug-likeness (QED) is 0.762. The third kappa shape index (κ3) is 5.88. The highest BCUT2D eigenvalue weighted by molar-refractivity contribution is 5.98. The SMILES string of the molecule is COc1ccc(CCNC(=O)c2cc(C(=O)NCC(C)C)ccn2)cc1. The van der Waals surface area contributed by atoms with E-state index in [2.05, 4.69) is 15.6 Å². The molecule has 26 heavy (non-hydrogen) atoms. The van der Waals surface area contributed by atoms with Crippen LogP contribution in [-0.2, 0) is 6.42 Å². The lowest BCUT2D eigenvalue weighted by molar-refractivity contribution is 0.0949. The number of rotatable bonds is 8. The third-order valence-electron chi connectivity index (χ3n) is 3.78. The van der Waals surface area contributed by atoms with Gasteiger partial charge in [0.25, 0.3) is 11.8 Å². The van der Waals surface area contributed by atoms with E-state index >= 15 is 0 Å². The molecule has 1 aromatic heterocycles. The molecule has 6 heteroatoms. The third-order valence-corrected chi connectivity index (χ3v) is 3.78. The fraction of sp³-hybridized carbons (Fsp3) is 0.350. The molecule has 0 fully saturated rings. The molecule has 0 bridgehead atoms. The van der Waals surface area contributed by atoms with Crippen molar-refractivity contribution in [2.24, 2.45) is 5.92 Å². The summed E-state index contributed by atoms with van der Waals surface area (Å²) in [5.41, 5.74) is 1.76. The maximum Gasteiger partial charge on any atom is 0.269 e. The molecule has 2 amide bonds. The van der Waals surface area contributed by atoms with Crippen LogP contribution >= 0.6 is 0 Å². The van der Waals surface area contributed by atoms with Gasteiger partial charge in [0.15, 0.2) is 0 Å². The van der Waals surface area contributed by atoms with Crippen LogP contribution in [0.2, 0.25) is 0 Å². The minimum atomic E-state index is -0.294. The molecule has 0 aliphatic heterocycles. The number of nitrogens with zero attached hydrogens (tertiary/aromatic N) is 1. The molecule has 1 aromatic carbocycles. The van der Waals surface area contributed by atoms with Crippen molar-refractivity contribution in [2.75, 3.05) is 20.2 Å². The van der Waals surface area contributed by atoms with Crippen LogP contribution in [0.5, 0.6) is 5.75 Å². The number of aromatic nitrogens is 1. The first-order valence-electron chi connectivity index (χ1n) is 8.65. The van der Waals surface area contributed by atoms with Crippen LogP contribution < -0.4 is 15.4 Å². The second-order valence-electron chi connectivity index (χ2n) is 6.39. The van der Waals surface area contributed by atoms with Crippen molar-refractivity contribution in [3.63, 3.8) is 0 Å². The maximum absolute atomic E-state index is 12.3. The van der Waals surface area contributed by atoms with Gasteiger partial charge in [-0.25, -0.2) is 0 Å². The molecule has 0 saturated heterocycles. The Balaban J connectivity index is 1.88. The van der Waals surface area contributed by atoms with Gasteiger partial charge < -0.3 is 15.4 Å². The van der Waals surface area contributed by atoms with E-state index in [1.807, 2.05) is 38.1 Å². The number of pyridine rings is 1. The zero-order valence-electron chi connectivity index (χ0n) is 15.4. The van der Waals surface area contributed by atoms with Gasteiger partial charge in [-0.15, -0.1) is 0 Å². The molecule has 2 N–H and O–H groups in total. The number of hydrogen-bond acceptors (Lipinski definition) is 4. The molecular weight excluding hydrogens is 330 g/mol. The van der Waals surface area contributed by atoms with Gasteiger partial charge in [-0.3, -0.25) is 14.6 Å². The zero-order chi connectivity index (χ0) is 18.9. The summed E-state index contributed by atoms with van der Waals surface area (Å²) in [6.45, 7) is 5.12. The Kier molecular flexibility index (Phi) is 7.14. The Bertz CT molecular complexity index is 742. The van der Waals surface area contributed by atoms with Crippen LogP contribution in [0.15, 0.2) is 42.6 Å². The van der Waals surface area contributed by atoms with Gasteiger partial charge in [0, 0.05) is 24.8 Å². The number of ether oxygens (including phenoxy) is 1. The van der Waals surface area contributed by atoms with E-state index in [-0.39, 0.29) is 17.5 Å². The Morgan fingerprint density at radius 3 is 2.46 bits per heavy atom. The second-order valence-corrected chi connectivity index (χ2v) is 6.39. The number of nitrogens with one attached hydrogen (secondary N) is 2. The van der Waals surface area contributed by atoms with Crippen molar-refractivity contribution < 1.29 is 14.3 Å². The topological polar surface area (TPSA) is 80.3 Å². The molecule has 0 spiro atoms. The van der Waals surface area contributed by atoms with E-state index in [4.69, 9.17) is 4.74 Å². The van der Waals surface area contributed by atoms with E-state index in [1.54, 1.807) is 13.2 Å². The normalized spacial score (nSPS) is 10.5. The van der Waals surface area contributed by atoms with Gasteiger partial charge in [0.2, 0.25) is 0 Å². The summed E-state index contributed by atoms with van der Waals surface area (Å²) in [5.74, 6) is 0.668. The molecular formula is C20H25N3O3. The number of benzene rings is 1. The summed E-state index contributed by atoms with van der Waals surface area (Å²) in [4.78, 5) is 28.4. The molecule has 138 valence electrons. The monoisotopic (exact) mass is 355 g/mol. The Hall–Kier alpha value is -2.89. The summed E-state index contributed by atoms with van der Waals surface area (Å²) in [6, 6.07) is 10.8. The Morgan fingerprint density at radius 2 is 1.81 bits per heavy atom. The summed E-state index contributed by atoms with van der Waals surface area (Å²) in [6.07, 6.45) is 2.17. The predicted octanol–water partition coefficient (Wildman–Crippen LogP) is 2.45. The molecule has 2 rings (SSSR count). The minimum absolute atomic E-state index is 0.201. The number of hydrogen-bond donors (Lipinski definition) is 2. The van der Waals surface area contributed by atoms with Crippen LogP contribution in [0.3, 0.4) is 0 Å². The van der Waals surface area contributed by atoms with E-state index < -0.39 is 0 Å². The van der Waals surface area contributed by atoms with Crippen molar-refractivity contribution >= 4 is 11.8 Å². The summed E-state index contributed by atoms with van der Waals surface area (Å²) in [7, 11) is 1.62. The van der Waals surface area contributed by atoms with Gasteiger partial charge in [-0.1, -0.05) is 26.0 Å². The van der Waals surface area contributed by atoms with Crippen LogP contribution in [0, 0.1) is 5.92 Å². The van der Waals surface area contributed by atoms with Gasteiger partial charge in [-0.2, -0.15) is 0 Å². The molecule has 0 atom stereocenters. The van der Waals surface area contributed by atoms with Crippen molar-refractivity contribution in [1.29, 1.82) is 0 Å². The molecule has 1 heterocycles. The number of amides is 2. The fourth-order valence-corrected chi connectivity index (χ4v) is 2.30. The Morgan fingerprint density at radius 1 is 1.08 bits per heavy atom. The van der Waals surface area contributed by atoms with E-state index in [1.165, 1.54) is 12.3 Å². The number of carbonyl (C=O) groups excluding carboxylic acids is 2. The highest BCUT2D eigenvalue weighted by Crippen LogP contribution is 2.11. The average molecular weight is 355 g/mol. The lowest BCUT2D eigenvalue weighted by atomic mass is 10.1. The lowest BCUT2D eigenvalue weighted by Crippen LogP contribution is -2.29. The molecule has 0 aliphatic carbocycles. The van der Waals surface area contributed by atoms with Crippen LogP contribution in [0.1, 0.15) is 40.3 Å². The van der Waals surface area contributed by atoms with Crippen molar-refractivity contribution in [1.82, 2.24) is 15.6 Å². The summed E-state index contributed by atoms with van der Waals surface area (Å²) >= 11 is 0. The largest absolute Gasteiger partial charge is 0.497 e. The van der Waals surface area contributed by atoms with Crippen LogP contribution in [0.4, 0.5) is 0 Å². The van der Waals surface area contributed by atoms with E-state index in [0.717, 1.165) is 11.3 Å². The number of methoxy groups -OCH3 is 1. The van der Waals surface area contributed by atoms with Crippen LogP contribution in [0.25, 0.3) is 0 Å². The fourth-order valence-electron chi connectivity index (χ4n) is 2.30. The number of carbonyl (C=O) groups is 2. The molecule has 0 unspecified atom stereocenters. The summed E-state index contributed by atoms with van der Waals surface area (Å²) in [5, 5.41) is 5.66. The Labute approximate surface area is 154 Å². The van der Waals surface area contributed by atoms with Crippen molar-refractivity contribution in [3.05, 3.63) is 59.4 Å². The first-order chi connectivity index (χ1) is 12.5. The molecule has 2 aromatic rings. The van der Waals surface area contributed by atoms with E-state index in [9.17, 15) is 9.59 Å². The standard InChI is InChI=1S/C20H25N3O3/c1-14(2)13-23-19(24)16-9-11-21-18(12-16)20(25)22-10-8-15-4-6-17(26-3)7-5-15/h4-7,9,11-12,14H,8,10,13H2,1-3H3,(H,22,25)(H,23,24).